The number of ether oxygens (including phenoxy) is 1. The normalized spacial score (nSPS) is 25.4. The molecule has 0 amide bonds. The molecule has 0 radical (unpaired) electrons. The molecule has 110 valence electrons. The Morgan fingerprint density at radius 1 is 1.55 bits per heavy atom. The van der Waals surface area contributed by atoms with Gasteiger partial charge in [0.15, 0.2) is 0 Å². The van der Waals surface area contributed by atoms with Crippen molar-refractivity contribution in [1.82, 2.24) is 4.98 Å². The Labute approximate surface area is 119 Å². The van der Waals surface area contributed by atoms with E-state index in [0.717, 1.165) is 12.3 Å². The van der Waals surface area contributed by atoms with Gasteiger partial charge in [-0.2, -0.15) is 0 Å². The molecule has 1 saturated carbocycles. The van der Waals surface area contributed by atoms with E-state index in [4.69, 9.17) is 10.5 Å². The molecule has 1 aromatic rings. The molecule has 20 heavy (non-hydrogen) atoms. The molecule has 1 heterocycles. The molecule has 0 aliphatic heterocycles. The first-order valence-electron chi connectivity index (χ1n) is 7.17. The Balaban J connectivity index is 2.16. The van der Waals surface area contributed by atoms with Crippen LogP contribution in [0.4, 0.5) is 11.5 Å². The van der Waals surface area contributed by atoms with Crippen molar-refractivity contribution in [3.8, 4) is 0 Å². The van der Waals surface area contributed by atoms with Crippen LogP contribution in [0.3, 0.4) is 0 Å². The summed E-state index contributed by atoms with van der Waals surface area (Å²) in [5.74, 6) is 1.49. The van der Waals surface area contributed by atoms with Gasteiger partial charge in [-0.05, 0) is 30.7 Å². The van der Waals surface area contributed by atoms with Crippen molar-refractivity contribution in [2.45, 2.75) is 39.2 Å². The first kappa shape index (κ1) is 14.6. The van der Waals surface area contributed by atoms with E-state index in [9.17, 15) is 4.79 Å². The lowest BCUT2D eigenvalue weighted by molar-refractivity contribution is 0.0602. The Hall–Kier alpha value is -1.78. The van der Waals surface area contributed by atoms with E-state index in [1.807, 2.05) is 0 Å². The molecule has 3 unspecified atom stereocenters. The molecule has 0 spiro atoms. The van der Waals surface area contributed by atoms with Crippen LogP contribution in [-0.2, 0) is 4.74 Å². The number of nitrogens with one attached hydrogen (secondary N) is 1. The second-order valence-corrected chi connectivity index (χ2v) is 5.47. The van der Waals surface area contributed by atoms with Crippen LogP contribution in [0.25, 0.3) is 0 Å². The standard InChI is InChI=1S/C15H23N3O2/c1-4-10-5-6-12(9(10)2)18-14-13(16)11(7-8-17-14)15(19)20-3/h7-10,12H,4-6,16H2,1-3H3,(H,17,18). The number of nitrogens with zero attached hydrogens (tertiary/aromatic N) is 1. The van der Waals surface area contributed by atoms with E-state index in [1.54, 1.807) is 12.3 Å². The maximum Gasteiger partial charge on any atom is 0.340 e. The van der Waals surface area contributed by atoms with Crippen LogP contribution in [0.2, 0.25) is 0 Å². The summed E-state index contributed by atoms with van der Waals surface area (Å²) in [4.78, 5) is 15.9. The van der Waals surface area contributed by atoms with E-state index >= 15 is 0 Å². The van der Waals surface area contributed by atoms with Crippen LogP contribution < -0.4 is 11.1 Å². The van der Waals surface area contributed by atoms with Gasteiger partial charge in [0.05, 0.1) is 18.4 Å². The quantitative estimate of drug-likeness (QED) is 0.827. The van der Waals surface area contributed by atoms with Crippen LogP contribution in [0, 0.1) is 11.8 Å². The van der Waals surface area contributed by atoms with Gasteiger partial charge in [0.25, 0.3) is 0 Å². The Morgan fingerprint density at radius 2 is 2.30 bits per heavy atom. The number of hydrogen-bond donors (Lipinski definition) is 2. The number of hydrogen-bond acceptors (Lipinski definition) is 5. The number of carbonyl (C=O) groups is 1. The van der Waals surface area contributed by atoms with Crippen molar-refractivity contribution in [2.24, 2.45) is 11.8 Å². The Bertz CT molecular complexity index is 490. The lowest BCUT2D eigenvalue weighted by Gasteiger charge is -2.22. The summed E-state index contributed by atoms with van der Waals surface area (Å²) in [6.07, 6.45) is 5.13. The molecular weight excluding hydrogens is 254 g/mol. The number of carbonyl (C=O) groups excluding carboxylic acids is 1. The number of anilines is 2. The van der Waals surface area contributed by atoms with Crippen LogP contribution in [0.15, 0.2) is 12.3 Å². The smallest absolute Gasteiger partial charge is 0.340 e. The average molecular weight is 277 g/mol. The number of rotatable bonds is 4. The van der Waals surface area contributed by atoms with Crippen molar-refractivity contribution in [2.75, 3.05) is 18.2 Å². The second-order valence-electron chi connectivity index (χ2n) is 5.47. The fourth-order valence-corrected chi connectivity index (χ4v) is 3.08. The monoisotopic (exact) mass is 277 g/mol. The maximum absolute atomic E-state index is 11.6. The van der Waals surface area contributed by atoms with Crippen LogP contribution >= 0.6 is 0 Å². The van der Waals surface area contributed by atoms with E-state index in [1.165, 1.54) is 20.0 Å². The molecule has 1 aliphatic carbocycles. The molecule has 0 saturated heterocycles. The zero-order chi connectivity index (χ0) is 14.7. The molecule has 1 aromatic heterocycles. The highest BCUT2D eigenvalue weighted by Gasteiger charge is 2.32. The van der Waals surface area contributed by atoms with E-state index in [-0.39, 0.29) is 0 Å². The third-order valence-corrected chi connectivity index (χ3v) is 4.47. The van der Waals surface area contributed by atoms with E-state index in [0.29, 0.717) is 29.0 Å². The topological polar surface area (TPSA) is 77.2 Å². The highest BCUT2D eigenvalue weighted by molar-refractivity contribution is 5.97. The van der Waals surface area contributed by atoms with E-state index in [2.05, 4.69) is 24.1 Å². The number of aromatic nitrogens is 1. The van der Waals surface area contributed by atoms with Crippen molar-refractivity contribution >= 4 is 17.5 Å². The molecule has 5 nitrogen and oxygen atoms in total. The molecule has 1 fully saturated rings. The van der Waals surface area contributed by atoms with Gasteiger partial charge >= 0.3 is 5.97 Å². The summed E-state index contributed by atoms with van der Waals surface area (Å²) < 4.78 is 4.72. The predicted molar refractivity (Wildman–Crippen MR) is 79.6 cm³/mol. The fourth-order valence-electron chi connectivity index (χ4n) is 3.08. The molecule has 0 bridgehead atoms. The van der Waals surface area contributed by atoms with Gasteiger partial charge in [0.2, 0.25) is 0 Å². The summed E-state index contributed by atoms with van der Waals surface area (Å²) in [6, 6.07) is 1.95. The SMILES string of the molecule is CCC1CCC(Nc2nccc(C(=O)OC)c2N)C1C. The molecule has 1 aliphatic rings. The first-order valence-corrected chi connectivity index (χ1v) is 7.17. The zero-order valence-corrected chi connectivity index (χ0v) is 12.3. The molecule has 0 aromatic carbocycles. The third kappa shape index (κ3) is 2.71. The van der Waals surface area contributed by atoms with Gasteiger partial charge in [0.1, 0.15) is 5.82 Å². The minimum atomic E-state index is -0.432. The van der Waals surface area contributed by atoms with E-state index < -0.39 is 5.97 Å². The molecule has 2 rings (SSSR count). The number of nitrogens with two attached hydrogens (primary N) is 1. The van der Waals surface area contributed by atoms with Gasteiger partial charge in [-0.15, -0.1) is 0 Å². The number of nitrogen functional groups attached to an aromatic ring is 1. The summed E-state index contributed by atoms with van der Waals surface area (Å²) >= 11 is 0. The average Bonchev–Trinajstić information content (AvgIpc) is 2.81. The van der Waals surface area contributed by atoms with Gasteiger partial charge in [-0.3, -0.25) is 0 Å². The van der Waals surface area contributed by atoms with Crippen molar-refractivity contribution in [1.29, 1.82) is 0 Å². The van der Waals surface area contributed by atoms with Gasteiger partial charge in [-0.25, -0.2) is 9.78 Å². The van der Waals surface area contributed by atoms with Crippen molar-refractivity contribution < 1.29 is 9.53 Å². The first-order chi connectivity index (χ1) is 9.58. The highest BCUT2D eigenvalue weighted by atomic mass is 16.5. The predicted octanol–water partition coefficient (Wildman–Crippen LogP) is 2.69. The Morgan fingerprint density at radius 3 is 2.90 bits per heavy atom. The zero-order valence-electron chi connectivity index (χ0n) is 12.3. The number of esters is 1. The summed E-state index contributed by atoms with van der Waals surface area (Å²) in [6.45, 7) is 4.49. The molecule has 3 N–H and O–H groups in total. The minimum absolute atomic E-state index is 0.364. The molecular formula is C15H23N3O2. The van der Waals surface area contributed by atoms with Gasteiger partial charge in [-0.1, -0.05) is 20.3 Å². The highest BCUT2D eigenvalue weighted by Crippen LogP contribution is 2.36. The van der Waals surface area contributed by atoms with Crippen LogP contribution in [0.1, 0.15) is 43.5 Å². The lowest BCUT2D eigenvalue weighted by Crippen LogP contribution is -2.26. The largest absolute Gasteiger partial charge is 0.465 e. The Kier molecular flexibility index (Phi) is 4.47. The third-order valence-electron chi connectivity index (χ3n) is 4.47. The molecule has 5 heteroatoms. The van der Waals surface area contributed by atoms with Crippen LogP contribution in [0.5, 0.6) is 0 Å². The summed E-state index contributed by atoms with van der Waals surface area (Å²) in [5.41, 5.74) is 6.76. The fraction of sp³-hybridized carbons (Fsp3) is 0.600. The summed E-state index contributed by atoms with van der Waals surface area (Å²) in [5, 5.41) is 3.40. The minimum Gasteiger partial charge on any atom is -0.465 e. The van der Waals surface area contributed by atoms with Crippen LogP contribution in [-0.4, -0.2) is 24.1 Å². The molecule has 3 atom stereocenters. The van der Waals surface area contributed by atoms with Crippen molar-refractivity contribution in [3.63, 3.8) is 0 Å². The second kappa shape index (κ2) is 6.11. The number of pyridine rings is 1. The lowest BCUT2D eigenvalue weighted by atomic mass is 9.93. The van der Waals surface area contributed by atoms with Gasteiger partial charge in [0, 0.05) is 12.2 Å². The van der Waals surface area contributed by atoms with Gasteiger partial charge < -0.3 is 15.8 Å². The van der Waals surface area contributed by atoms with Crippen molar-refractivity contribution in [3.05, 3.63) is 17.8 Å². The summed E-state index contributed by atoms with van der Waals surface area (Å²) in [7, 11) is 1.35. The number of methoxy groups -OCH3 is 1. The maximum atomic E-state index is 11.6.